The van der Waals surface area contributed by atoms with Crippen LogP contribution in [0.5, 0.6) is 0 Å². The number of rotatable bonds is 5. The van der Waals surface area contributed by atoms with Gasteiger partial charge in [0.2, 0.25) is 0 Å². The highest BCUT2D eigenvalue weighted by Gasteiger charge is 2.28. The number of hydrogen-bond donors (Lipinski definition) is 2. The third-order valence-electron chi connectivity index (χ3n) is 3.54. The lowest BCUT2D eigenvalue weighted by molar-refractivity contribution is 0.102. The quantitative estimate of drug-likeness (QED) is 0.804. The van der Waals surface area contributed by atoms with Crippen LogP contribution in [0.3, 0.4) is 0 Å². The topological polar surface area (TPSA) is 64.2 Å². The Kier molecular flexibility index (Phi) is 6.04. The number of para-hydroxylation sites is 1. The van der Waals surface area contributed by atoms with Gasteiger partial charge in [0, 0.05) is 22.6 Å². The second kappa shape index (κ2) is 7.83. The maximum absolute atomic E-state index is 12.2. The van der Waals surface area contributed by atoms with Crippen molar-refractivity contribution in [1.82, 2.24) is 4.72 Å². The van der Waals surface area contributed by atoms with Crippen molar-refractivity contribution in [2.75, 3.05) is 5.32 Å². The maximum Gasteiger partial charge on any atom is 0.255 e. The third kappa shape index (κ3) is 5.09. The molecule has 2 rings (SSSR count). The summed E-state index contributed by atoms with van der Waals surface area (Å²) in [6.45, 7) is 7.75. The number of hydrogen-bond acceptors (Lipinski definition) is 3. The molecule has 0 radical (unpaired) electrons. The fourth-order valence-electron chi connectivity index (χ4n) is 2.05. The van der Waals surface area contributed by atoms with Crippen molar-refractivity contribution in [3.8, 4) is 0 Å². The van der Waals surface area contributed by atoms with Crippen molar-refractivity contribution in [2.45, 2.75) is 38.5 Å². The summed E-state index contributed by atoms with van der Waals surface area (Å²) < 4.78 is 14.9. The molecule has 24 heavy (non-hydrogen) atoms. The van der Waals surface area contributed by atoms with Crippen molar-refractivity contribution in [3.63, 3.8) is 0 Å². The van der Waals surface area contributed by atoms with Crippen LogP contribution in [0.4, 0.5) is 5.69 Å². The molecule has 2 aromatic carbocycles. The highest BCUT2D eigenvalue weighted by Crippen LogP contribution is 2.20. The standard InChI is InChI=1S/C19H24N2O2S/c1-14(21-24(23)19(2,3)4)15-10-12-16(13-11-15)18(22)20-17-8-6-5-7-9-17/h5-14,21H,1-4H3,(H,20,22)/t14?,24-/m0/s1. The molecule has 1 amide bonds. The summed E-state index contributed by atoms with van der Waals surface area (Å²) in [5.74, 6) is -0.147. The molecule has 1 unspecified atom stereocenters. The number of carbonyl (C=O) groups excluding carboxylic acids is 1. The van der Waals surface area contributed by atoms with Gasteiger partial charge < -0.3 is 9.87 Å². The van der Waals surface area contributed by atoms with Crippen LogP contribution < -0.4 is 10.0 Å². The molecule has 128 valence electrons. The first-order chi connectivity index (χ1) is 11.3. The minimum absolute atomic E-state index is 0.0590. The van der Waals surface area contributed by atoms with Gasteiger partial charge in [-0.2, -0.15) is 0 Å². The molecule has 0 bridgehead atoms. The van der Waals surface area contributed by atoms with Gasteiger partial charge in [0.1, 0.15) is 4.75 Å². The van der Waals surface area contributed by atoms with Crippen LogP contribution >= 0.6 is 0 Å². The van der Waals surface area contributed by atoms with Gasteiger partial charge in [-0.15, -0.1) is 4.72 Å². The second-order valence-electron chi connectivity index (χ2n) is 6.66. The summed E-state index contributed by atoms with van der Waals surface area (Å²) in [4.78, 5) is 12.2. The minimum Gasteiger partial charge on any atom is -0.598 e. The van der Waals surface area contributed by atoms with Gasteiger partial charge >= 0.3 is 0 Å². The molecule has 0 saturated heterocycles. The Morgan fingerprint density at radius 1 is 1.04 bits per heavy atom. The van der Waals surface area contributed by atoms with Crippen LogP contribution in [0.15, 0.2) is 54.6 Å². The first kappa shape index (κ1) is 18.5. The Balaban J connectivity index is 2.01. The Bertz CT molecular complexity index is 666. The molecular weight excluding hydrogens is 320 g/mol. The fraction of sp³-hybridized carbons (Fsp3) is 0.316. The number of carbonyl (C=O) groups is 1. The lowest BCUT2D eigenvalue weighted by Gasteiger charge is -2.26. The Labute approximate surface area is 147 Å². The van der Waals surface area contributed by atoms with E-state index in [9.17, 15) is 9.35 Å². The summed E-state index contributed by atoms with van der Waals surface area (Å²) in [6, 6.07) is 16.6. The molecule has 0 heterocycles. The molecule has 2 N–H and O–H groups in total. The van der Waals surface area contributed by atoms with Crippen molar-refractivity contribution in [1.29, 1.82) is 0 Å². The molecular formula is C19H24N2O2S. The lowest BCUT2D eigenvalue weighted by atomic mass is 10.1. The lowest BCUT2D eigenvalue weighted by Crippen LogP contribution is -2.40. The Hall–Kier alpha value is -1.82. The van der Waals surface area contributed by atoms with E-state index in [1.54, 1.807) is 12.1 Å². The largest absolute Gasteiger partial charge is 0.598 e. The van der Waals surface area contributed by atoms with Gasteiger partial charge in [-0.05, 0) is 57.5 Å². The predicted octanol–water partition coefficient (Wildman–Crippen LogP) is 4.05. The van der Waals surface area contributed by atoms with Crippen LogP contribution in [0.2, 0.25) is 0 Å². The smallest absolute Gasteiger partial charge is 0.255 e. The first-order valence-electron chi connectivity index (χ1n) is 7.92. The summed E-state index contributed by atoms with van der Waals surface area (Å²) in [5.41, 5.74) is 2.35. The van der Waals surface area contributed by atoms with Crippen molar-refractivity contribution >= 4 is 23.0 Å². The molecule has 0 fully saturated rings. The van der Waals surface area contributed by atoms with Crippen molar-refractivity contribution in [3.05, 3.63) is 65.7 Å². The van der Waals surface area contributed by atoms with E-state index in [-0.39, 0.29) is 16.7 Å². The number of anilines is 1. The minimum atomic E-state index is -1.14. The number of amides is 1. The zero-order valence-electron chi connectivity index (χ0n) is 14.5. The van der Waals surface area contributed by atoms with Crippen molar-refractivity contribution in [2.24, 2.45) is 0 Å². The van der Waals surface area contributed by atoms with Crippen LogP contribution in [-0.2, 0) is 11.4 Å². The molecule has 0 aromatic heterocycles. The molecule has 5 heteroatoms. The maximum atomic E-state index is 12.2. The van der Waals surface area contributed by atoms with Gasteiger partial charge in [-0.3, -0.25) is 4.79 Å². The Morgan fingerprint density at radius 3 is 2.17 bits per heavy atom. The van der Waals surface area contributed by atoms with Crippen LogP contribution in [-0.4, -0.2) is 15.2 Å². The highest BCUT2D eigenvalue weighted by molar-refractivity contribution is 7.90. The monoisotopic (exact) mass is 344 g/mol. The van der Waals surface area contributed by atoms with E-state index < -0.39 is 11.4 Å². The van der Waals surface area contributed by atoms with Crippen LogP contribution in [0.25, 0.3) is 0 Å². The summed E-state index contributed by atoms with van der Waals surface area (Å²) >= 11 is -1.14. The van der Waals surface area contributed by atoms with E-state index in [1.165, 1.54) is 0 Å². The Morgan fingerprint density at radius 2 is 1.62 bits per heavy atom. The van der Waals surface area contributed by atoms with Gasteiger partial charge in [0.15, 0.2) is 0 Å². The number of benzene rings is 2. The molecule has 0 aliphatic rings. The molecule has 0 spiro atoms. The molecule has 2 atom stereocenters. The average Bonchev–Trinajstić information content (AvgIpc) is 2.55. The van der Waals surface area contributed by atoms with Gasteiger partial charge in [-0.25, -0.2) is 0 Å². The van der Waals surface area contributed by atoms with Crippen molar-refractivity contribution < 1.29 is 9.35 Å². The predicted molar refractivity (Wildman–Crippen MR) is 100 cm³/mol. The molecule has 0 aliphatic carbocycles. The SMILES string of the molecule is CC(N[S@@+]([O-])C(C)(C)C)c1ccc(C(=O)Nc2ccccc2)cc1. The molecule has 4 nitrogen and oxygen atoms in total. The normalized spacial score (nSPS) is 14.0. The summed E-state index contributed by atoms with van der Waals surface area (Å²) in [5, 5.41) is 2.86. The molecule has 0 saturated carbocycles. The first-order valence-corrected chi connectivity index (χ1v) is 9.07. The van der Waals surface area contributed by atoms with E-state index in [0.29, 0.717) is 5.56 Å². The van der Waals surface area contributed by atoms with Crippen LogP contribution in [0, 0.1) is 0 Å². The molecule has 0 aliphatic heterocycles. The highest BCUT2D eigenvalue weighted by atomic mass is 32.2. The van der Waals surface area contributed by atoms with E-state index in [2.05, 4.69) is 10.0 Å². The average molecular weight is 344 g/mol. The van der Waals surface area contributed by atoms with E-state index in [1.807, 2.05) is 70.2 Å². The fourth-order valence-corrected chi connectivity index (χ4v) is 2.86. The summed E-state index contributed by atoms with van der Waals surface area (Å²) in [7, 11) is 0. The van der Waals surface area contributed by atoms with E-state index in [0.717, 1.165) is 11.3 Å². The summed E-state index contributed by atoms with van der Waals surface area (Å²) in [6.07, 6.45) is 0. The van der Waals surface area contributed by atoms with E-state index >= 15 is 0 Å². The van der Waals surface area contributed by atoms with Gasteiger partial charge in [0.25, 0.3) is 5.91 Å². The van der Waals surface area contributed by atoms with E-state index in [4.69, 9.17) is 0 Å². The van der Waals surface area contributed by atoms with Gasteiger partial charge in [-0.1, -0.05) is 30.3 Å². The van der Waals surface area contributed by atoms with Crippen LogP contribution in [0.1, 0.15) is 49.7 Å². The zero-order chi connectivity index (χ0) is 17.7. The van der Waals surface area contributed by atoms with Gasteiger partial charge in [0.05, 0.1) is 6.04 Å². The zero-order valence-corrected chi connectivity index (χ0v) is 15.3. The number of nitrogens with one attached hydrogen (secondary N) is 2. The second-order valence-corrected chi connectivity index (χ2v) is 8.66. The third-order valence-corrected chi connectivity index (χ3v) is 5.22. The molecule has 2 aromatic rings.